The first-order valence-corrected chi connectivity index (χ1v) is 5.57. The Kier molecular flexibility index (Phi) is 2.99. The van der Waals surface area contributed by atoms with E-state index in [4.69, 9.17) is 4.42 Å². The van der Waals surface area contributed by atoms with Gasteiger partial charge in [-0.25, -0.2) is 0 Å². The number of aromatic hydroxyl groups is 1. The molecule has 5 nitrogen and oxygen atoms in total. The lowest BCUT2D eigenvalue weighted by Gasteiger charge is -2.01. The van der Waals surface area contributed by atoms with Crippen LogP contribution >= 0.6 is 0 Å². The summed E-state index contributed by atoms with van der Waals surface area (Å²) >= 11 is 0. The molecule has 0 bridgehead atoms. The summed E-state index contributed by atoms with van der Waals surface area (Å²) in [4.78, 5) is 18.2. The number of furan rings is 1. The van der Waals surface area contributed by atoms with Crippen LogP contribution in [-0.4, -0.2) is 15.1 Å². The first-order chi connectivity index (χ1) is 8.15. The number of aromatic amines is 1. The fourth-order valence-corrected chi connectivity index (χ4v) is 1.62. The molecule has 0 fully saturated rings. The summed E-state index contributed by atoms with van der Waals surface area (Å²) in [5, 5.41) is 9.62. The van der Waals surface area contributed by atoms with Crippen molar-refractivity contribution < 1.29 is 9.52 Å². The Bertz CT molecular complexity index is 584. The second-order valence-corrected chi connectivity index (χ2v) is 3.69. The summed E-state index contributed by atoms with van der Waals surface area (Å²) in [5.74, 6) is 1.28. The highest BCUT2D eigenvalue weighted by molar-refractivity contribution is 5.48. The lowest BCUT2D eigenvalue weighted by Crippen LogP contribution is -2.14. The normalized spacial score (nSPS) is 10.7. The lowest BCUT2D eigenvalue weighted by atomic mass is 10.2. The number of hydrogen-bond donors (Lipinski definition) is 2. The molecule has 0 unspecified atom stereocenters. The van der Waals surface area contributed by atoms with Crippen LogP contribution < -0.4 is 5.56 Å². The van der Waals surface area contributed by atoms with Crippen LogP contribution in [0.5, 0.6) is 5.88 Å². The van der Waals surface area contributed by atoms with Gasteiger partial charge in [0.25, 0.3) is 5.56 Å². The monoisotopic (exact) mass is 234 g/mol. The van der Waals surface area contributed by atoms with Gasteiger partial charge in [0.1, 0.15) is 5.76 Å². The van der Waals surface area contributed by atoms with Crippen LogP contribution in [0.1, 0.15) is 25.2 Å². The smallest absolute Gasteiger partial charge is 0.258 e. The second kappa shape index (κ2) is 4.45. The van der Waals surface area contributed by atoms with Crippen molar-refractivity contribution in [2.75, 3.05) is 0 Å². The van der Waals surface area contributed by atoms with E-state index < -0.39 is 0 Å². The van der Waals surface area contributed by atoms with Gasteiger partial charge >= 0.3 is 0 Å². The molecule has 17 heavy (non-hydrogen) atoms. The minimum absolute atomic E-state index is 0.235. The third kappa shape index (κ3) is 2.08. The zero-order valence-electron chi connectivity index (χ0n) is 9.78. The number of aromatic nitrogens is 2. The maximum atomic E-state index is 11.6. The SMILES string of the molecule is CCc1ccc(-c2nc(O)c(CC)c(=O)[nH]2)o1. The highest BCUT2D eigenvalue weighted by atomic mass is 16.3. The van der Waals surface area contributed by atoms with Gasteiger partial charge in [-0.05, 0) is 18.6 Å². The van der Waals surface area contributed by atoms with E-state index >= 15 is 0 Å². The highest BCUT2D eigenvalue weighted by Gasteiger charge is 2.12. The predicted molar refractivity (Wildman–Crippen MR) is 63.0 cm³/mol. The van der Waals surface area contributed by atoms with Gasteiger partial charge < -0.3 is 14.5 Å². The molecule has 0 spiro atoms. The van der Waals surface area contributed by atoms with Gasteiger partial charge in [0, 0.05) is 6.42 Å². The molecule has 2 rings (SSSR count). The summed E-state index contributed by atoms with van der Waals surface area (Å²) in [7, 11) is 0. The maximum absolute atomic E-state index is 11.6. The van der Waals surface area contributed by atoms with E-state index in [0.717, 1.165) is 12.2 Å². The van der Waals surface area contributed by atoms with E-state index in [9.17, 15) is 9.90 Å². The molecule has 2 aromatic heterocycles. The fourth-order valence-electron chi connectivity index (χ4n) is 1.62. The molecule has 0 aliphatic rings. The average Bonchev–Trinajstić information content (AvgIpc) is 2.77. The van der Waals surface area contributed by atoms with Crippen molar-refractivity contribution in [3.8, 4) is 17.5 Å². The van der Waals surface area contributed by atoms with Crippen LogP contribution in [0.15, 0.2) is 21.3 Å². The Morgan fingerprint density at radius 2 is 2.12 bits per heavy atom. The van der Waals surface area contributed by atoms with E-state index in [1.165, 1.54) is 0 Å². The Labute approximate surface area is 98.1 Å². The molecule has 90 valence electrons. The molecule has 0 atom stereocenters. The van der Waals surface area contributed by atoms with Gasteiger partial charge in [0.15, 0.2) is 11.6 Å². The van der Waals surface area contributed by atoms with E-state index in [-0.39, 0.29) is 22.8 Å². The molecule has 2 N–H and O–H groups in total. The van der Waals surface area contributed by atoms with Crippen molar-refractivity contribution in [1.29, 1.82) is 0 Å². The van der Waals surface area contributed by atoms with Crippen molar-refractivity contribution in [3.63, 3.8) is 0 Å². The van der Waals surface area contributed by atoms with E-state index in [1.807, 2.05) is 13.0 Å². The number of nitrogens with one attached hydrogen (secondary N) is 1. The van der Waals surface area contributed by atoms with Crippen LogP contribution in [0.25, 0.3) is 11.6 Å². The minimum atomic E-state index is -0.329. The topological polar surface area (TPSA) is 79.1 Å². The van der Waals surface area contributed by atoms with Crippen molar-refractivity contribution in [2.45, 2.75) is 26.7 Å². The van der Waals surface area contributed by atoms with Gasteiger partial charge in [-0.3, -0.25) is 4.79 Å². The van der Waals surface area contributed by atoms with Gasteiger partial charge in [-0.1, -0.05) is 13.8 Å². The van der Waals surface area contributed by atoms with Crippen LogP contribution in [0.4, 0.5) is 0 Å². The Morgan fingerprint density at radius 3 is 2.65 bits per heavy atom. The summed E-state index contributed by atoms with van der Waals surface area (Å²) < 4.78 is 5.46. The minimum Gasteiger partial charge on any atom is -0.493 e. The van der Waals surface area contributed by atoms with Crippen molar-refractivity contribution in [2.24, 2.45) is 0 Å². The largest absolute Gasteiger partial charge is 0.493 e. The van der Waals surface area contributed by atoms with Gasteiger partial charge in [-0.15, -0.1) is 0 Å². The quantitative estimate of drug-likeness (QED) is 0.849. The first-order valence-electron chi connectivity index (χ1n) is 5.57. The Morgan fingerprint density at radius 1 is 1.35 bits per heavy atom. The molecule has 0 saturated heterocycles. The molecule has 0 aliphatic carbocycles. The van der Waals surface area contributed by atoms with Gasteiger partial charge in [0.05, 0.1) is 5.56 Å². The van der Waals surface area contributed by atoms with Crippen LogP contribution in [-0.2, 0) is 12.8 Å². The number of hydrogen-bond acceptors (Lipinski definition) is 4. The molecule has 2 heterocycles. The van der Waals surface area contributed by atoms with Gasteiger partial charge in [-0.2, -0.15) is 4.98 Å². The van der Waals surface area contributed by atoms with E-state index in [2.05, 4.69) is 9.97 Å². The molecule has 0 aromatic carbocycles. The number of nitrogens with zero attached hydrogens (tertiary/aromatic N) is 1. The zero-order chi connectivity index (χ0) is 12.4. The van der Waals surface area contributed by atoms with Crippen molar-refractivity contribution >= 4 is 0 Å². The number of aryl methyl sites for hydroxylation is 1. The molecule has 0 aliphatic heterocycles. The third-order valence-electron chi connectivity index (χ3n) is 2.59. The molecular formula is C12H14N2O3. The summed E-state index contributed by atoms with van der Waals surface area (Å²) in [6, 6.07) is 3.54. The van der Waals surface area contributed by atoms with Crippen LogP contribution in [0.3, 0.4) is 0 Å². The zero-order valence-corrected chi connectivity index (χ0v) is 9.78. The van der Waals surface area contributed by atoms with Crippen molar-refractivity contribution in [1.82, 2.24) is 9.97 Å². The average molecular weight is 234 g/mol. The summed E-state index contributed by atoms with van der Waals surface area (Å²) in [5.41, 5.74) is -0.0412. The number of rotatable bonds is 3. The predicted octanol–water partition coefficient (Wildman–Crippen LogP) is 1.86. The highest BCUT2D eigenvalue weighted by Crippen LogP contribution is 2.20. The second-order valence-electron chi connectivity index (χ2n) is 3.69. The molecule has 5 heteroatoms. The third-order valence-corrected chi connectivity index (χ3v) is 2.59. The van der Waals surface area contributed by atoms with Crippen LogP contribution in [0.2, 0.25) is 0 Å². The van der Waals surface area contributed by atoms with Gasteiger partial charge in [0.2, 0.25) is 5.88 Å². The molecule has 0 saturated carbocycles. The van der Waals surface area contributed by atoms with Crippen molar-refractivity contribution in [3.05, 3.63) is 33.8 Å². The first kappa shape index (κ1) is 11.4. The Balaban J connectivity index is 2.50. The summed E-state index contributed by atoms with van der Waals surface area (Å²) in [6.07, 6.45) is 1.20. The van der Waals surface area contributed by atoms with Crippen LogP contribution in [0, 0.1) is 0 Å². The molecular weight excluding hydrogens is 220 g/mol. The van der Waals surface area contributed by atoms with E-state index in [1.54, 1.807) is 13.0 Å². The van der Waals surface area contributed by atoms with E-state index in [0.29, 0.717) is 12.2 Å². The number of H-pyrrole nitrogens is 1. The fraction of sp³-hybridized carbons (Fsp3) is 0.333. The molecule has 2 aromatic rings. The summed E-state index contributed by atoms with van der Waals surface area (Å²) in [6.45, 7) is 3.75. The molecule has 0 radical (unpaired) electrons. The maximum Gasteiger partial charge on any atom is 0.258 e. The molecule has 0 amide bonds. The Hall–Kier alpha value is -2.04. The lowest BCUT2D eigenvalue weighted by molar-refractivity contribution is 0.442. The standard InChI is InChI=1S/C12H14N2O3/c1-3-7-5-6-9(17-7)10-13-11(15)8(4-2)12(16)14-10/h5-6H,3-4H2,1-2H3,(H2,13,14,15,16).